The first-order valence-electron chi connectivity index (χ1n) is 9.09. The topological polar surface area (TPSA) is 101 Å². The van der Waals surface area contributed by atoms with Crippen molar-refractivity contribution in [1.82, 2.24) is 9.97 Å². The fourth-order valence-electron chi connectivity index (χ4n) is 2.61. The Hall–Kier alpha value is -2.48. The molecule has 8 heteroatoms. The zero-order chi connectivity index (χ0) is 19.9. The quantitative estimate of drug-likeness (QED) is 0.679. The van der Waals surface area contributed by atoms with Crippen LogP contribution in [0.4, 0.5) is 11.6 Å². The monoisotopic (exact) mass is 390 g/mol. The SMILES string of the molecule is CCCC[C@H](CC)C(=O)Nc1ccc(S(=O)(=O)Nc2nccc(C)n2)cc1. The van der Waals surface area contributed by atoms with Crippen molar-refractivity contribution in [3.05, 3.63) is 42.2 Å². The molecule has 0 saturated heterocycles. The van der Waals surface area contributed by atoms with E-state index in [4.69, 9.17) is 0 Å². The average molecular weight is 391 g/mol. The predicted molar refractivity (Wildman–Crippen MR) is 106 cm³/mol. The van der Waals surface area contributed by atoms with E-state index in [2.05, 4.69) is 26.9 Å². The van der Waals surface area contributed by atoms with Crippen LogP contribution in [0.5, 0.6) is 0 Å². The van der Waals surface area contributed by atoms with E-state index in [1.165, 1.54) is 18.3 Å². The third kappa shape index (κ3) is 6.02. The van der Waals surface area contributed by atoms with Crippen LogP contribution in [0.2, 0.25) is 0 Å². The summed E-state index contributed by atoms with van der Waals surface area (Å²) in [6.45, 7) is 5.84. The van der Waals surface area contributed by atoms with Crippen LogP contribution >= 0.6 is 0 Å². The molecule has 0 aliphatic heterocycles. The molecule has 1 atom stereocenters. The highest BCUT2D eigenvalue weighted by molar-refractivity contribution is 7.92. The fourth-order valence-corrected chi connectivity index (χ4v) is 3.56. The molecule has 2 rings (SSSR count). The van der Waals surface area contributed by atoms with Crippen molar-refractivity contribution in [3.8, 4) is 0 Å². The van der Waals surface area contributed by atoms with E-state index < -0.39 is 10.0 Å². The number of carbonyl (C=O) groups is 1. The number of carbonyl (C=O) groups excluding carboxylic acids is 1. The van der Waals surface area contributed by atoms with Gasteiger partial charge in [0, 0.05) is 23.5 Å². The molecule has 0 aliphatic carbocycles. The normalized spacial score (nSPS) is 12.4. The van der Waals surface area contributed by atoms with Gasteiger partial charge in [0.25, 0.3) is 10.0 Å². The molecule has 2 N–H and O–H groups in total. The van der Waals surface area contributed by atoms with E-state index in [1.54, 1.807) is 25.1 Å². The van der Waals surface area contributed by atoms with Gasteiger partial charge >= 0.3 is 0 Å². The second-order valence-corrected chi connectivity index (χ2v) is 8.07. The summed E-state index contributed by atoms with van der Waals surface area (Å²) in [5.74, 6) is -0.0459. The summed E-state index contributed by atoms with van der Waals surface area (Å²) in [5.41, 5.74) is 1.23. The van der Waals surface area contributed by atoms with Crippen molar-refractivity contribution in [2.24, 2.45) is 5.92 Å². The van der Waals surface area contributed by atoms with Gasteiger partial charge in [-0.15, -0.1) is 0 Å². The molecule has 1 aromatic heterocycles. The lowest BCUT2D eigenvalue weighted by molar-refractivity contribution is -0.120. The maximum atomic E-state index is 12.4. The molecule has 0 spiro atoms. The number of hydrogen-bond donors (Lipinski definition) is 2. The highest BCUT2D eigenvalue weighted by Crippen LogP contribution is 2.19. The van der Waals surface area contributed by atoms with Crippen LogP contribution in [0.15, 0.2) is 41.4 Å². The first kappa shape index (κ1) is 20.8. The Morgan fingerprint density at radius 2 is 1.85 bits per heavy atom. The number of unbranched alkanes of at least 4 members (excludes halogenated alkanes) is 1. The second kappa shape index (κ2) is 9.45. The Bertz CT molecular complexity index is 867. The van der Waals surface area contributed by atoms with Gasteiger partial charge in [0.2, 0.25) is 11.9 Å². The molecule has 2 aromatic rings. The smallest absolute Gasteiger partial charge is 0.264 e. The minimum Gasteiger partial charge on any atom is -0.326 e. The third-order valence-electron chi connectivity index (χ3n) is 4.22. The summed E-state index contributed by atoms with van der Waals surface area (Å²) in [7, 11) is -3.80. The van der Waals surface area contributed by atoms with Crippen LogP contribution in [0.3, 0.4) is 0 Å². The summed E-state index contributed by atoms with van der Waals surface area (Å²) >= 11 is 0. The lowest BCUT2D eigenvalue weighted by atomic mass is 9.98. The van der Waals surface area contributed by atoms with E-state index in [0.29, 0.717) is 11.4 Å². The standard InChI is InChI=1S/C19H26N4O3S/c1-4-6-7-15(5-2)18(24)22-16-8-10-17(11-9-16)27(25,26)23-19-20-13-12-14(3)21-19/h8-13,15H,4-7H2,1-3H3,(H,22,24)(H,20,21,23)/t15-/m0/s1. The van der Waals surface area contributed by atoms with Crippen LogP contribution in [0.1, 0.15) is 45.2 Å². The Morgan fingerprint density at radius 3 is 2.44 bits per heavy atom. The predicted octanol–water partition coefficient (Wildman–Crippen LogP) is 3.74. The molecule has 7 nitrogen and oxygen atoms in total. The molecule has 0 fully saturated rings. The maximum Gasteiger partial charge on any atom is 0.264 e. The maximum absolute atomic E-state index is 12.4. The molecule has 27 heavy (non-hydrogen) atoms. The van der Waals surface area contributed by atoms with Crippen molar-refractivity contribution in [2.45, 2.75) is 51.3 Å². The number of benzene rings is 1. The number of sulfonamides is 1. The summed E-state index contributed by atoms with van der Waals surface area (Å²) in [5, 5.41) is 2.86. The first-order chi connectivity index (χ1) is 12.9. The van der Waals surface area contributed by atoms with E-state index >= 15 is 0 Å². The fraction of sp³-hybridized carbons (Fsp3) is 0.421. The molecular weight excluding hydrogens is 364 g/mol. The van der Waals surface area contributed by atoms with Crippen LogP contribution in [-0.4, -0.2) is 24.3 Å². The van der Waals surface area contributed by atoms with Crippen LogP contribution in [-0.2, 0) is 14.8 Å². The van der Waals surface area contributed by atoms with Gasteiger partial charge in [0.15, 0.2) is 0 Å². The Kier molecular flexibility index (Phi) is 7.29. The zero-order valence-corrected chi connectivity index (χ0v) is 16.7. The Morgan fingerprint density at radius 1 is 1.15 bits per heavy atom. The molecule has 0 bridgehead atoms. The number of aromatic nitrogens is 2. The minimum absolute atomic E-state index is 0.0223. The molecule has 1 amide bonds. The molecule has 1 aromatic carbocycles. The minimum atomic E-state index is -3.80. The number of rotatable bonds is 9. The van der Waals surface area contributed by atoms with Crippen LogP contribution < -0.4 is 10.0 Å². The highest BCUT2D eigenvalue weighted by atomic mass is 32.2. The summed E-state index contributed by atoms with van der Waals surface area (Å²) in [6, 6.07) is 7.73. The van der Waals surface area contributed by atoms with Crippen LogP contribution in [0, 0.1) is 12.8 Å². The Labute approximate surface area is 160 Å². The highest BCUT2D eigenvalue weighted by Gasteiger charge is 2.18. The van der Waals surface area contributed by atoms with Crippen molar-refractivity contribution in [1.29, 1.82) is 0 Å². The molecule has 0 unspecified atom stereocenters. The molecule has 0 aliphatic rings. The molecule has 146 valence electrons. The number of aryl methyl sites for hydroxylation is 1. The van der Waals surface area contributed by atoms with Gasteiger partial charge < -0.3 is 5.32 Å². The largest absolute Gasteiger partial charge is 0.326 e. The Balaban J connectivity index is 2.06. The summed E-state index contributed by atoms with van der Waals surface area (Å²) < 4.78 is 27.2. The lowest BCUT2D eigenvalue weighted by Crippen LogP contribution is -2.22. The average Bonchev–Trinajstić information content (AvgIpc) is 2.62. The number of anilines is 2. The first-order valence-corrected chi connectivity index (χ1v) is 10.6. The number of amides is 1. The van der Waals surface area contributed by atoms with Gasteiger partial charge in [-0.2, -0.15) is 0 Å². The molecule has 0 saturated carbocycles. The van der Waals surface area contributed by atoms with Gasteiger partial charge in [-0.05, 0) is 50.1 Å². The van der Waals surface area contributed by atoms with E-state index in [0.717, 1.165) is 25.7 Å². The van der Waals surface area contributed by atoms with E-state index in [9.17, 15) is 13.2 Å². The van der Waals surface area contributed by atoms with Crippen molar-refractivity contribution in [3.63, 3.8) is 0 Å². The van der Waals surface area contributed by atoms with Crippen molar-refractivity contribution >= 4 is 27.6 Å². The second-order valence-electron chi connectivity index (χ2n) is 6.39. The van der Waals surface area contributed by atoms with Gasteiger partial charge in [-0.1, -0.05) is 26.7 Å². The van der Waals surface area contributed by atoms with Crippen molar-refractivity contribution < 1.29 is 13.2 Å². The van der Waals surface area contributed by atoms with Gasteiger partial charge in [-0.25, -0.2) is 23.1 Å². The van der Waals surface area contributed by atoms with Gasteiger partial charge in [-0.3, -0.25) is 4.79 Å². The number of nitrogens with one attached hydrogen (secondary N) is 2. The molecular formula is C19H26N4O3S. The zero-order valence-electron chi connectivity index (χ0n) is 15.9. The number of hydrogen-bond acceptors (Lipinski definition) is 5. The van der Waals surface area contributed by atoms with Gasteiger partial charge in [0.1, 0.15) is 0 Å². The summed E-state index contributed by atoms with van der Waals surface area (Å²) in [4.78, 5) is 20.4. The lowest BCUT2D eigenvalue weighted by Gasteiger charge is -2.15. The van der Waals surface area contributed by atoms with E-state index in [-0.39, 0.29) is 22.7 Å². The summed E-state index contributed by atoms with van der Waals surface area (Å²) in [6.07, 6.45) is 5.18. The van der Waals surface area contributed by atoms with Gasteiger partial charge in [0.05, 0.1) is 4.90 Å². The van der Waals surface area contributed by atoms with E-state index in [1.807, 2.05) is 6.92 Å². The molecule has 0 radical (unpaired) electrons. The third-order valence-corrected chi connectivity index (χ3v) is 5.57. The molecule has 1 heterocycles. The van der Waals surface area contributed by atoms with Crippen LogP contribution in [0.25, 0.3) is 0 Å². The number of nitrogens with zero attached hydrogens (tertiary/aromatic N) is 2. The van der Waals surface area contributed by atoms with Crippen molar-refractivity contribution in [2.75, 3.05) is 10.0 Å².